The molecule has 1 aromatic heterocycles. The second-order valence-electron chi connectivity index (χ2n) is 13.3. The normalized spacial score (nSPS) is 14.8. The van der Waals surface area contributed by atoms with Crippen LogP contribution in [0.3, 0.4) is 0 Å². The Kier molecular flexibility index (Phi) is 11.7. The fourth-order valence-electron chi connectivity index (χ4n) is 6.50. The van der Waals surface area contributed by atoms with Gasteiger partial charge in [-0.05, 0) is 113 Å². The topological polar surface area (TPSA) is 63.6 Å². The Balaban J connectivity index is 1.75. The number of esters is 1. The van der Waals surface area contributed by atoms with Gasteiger partial charge in [-0.1, -0.05) is 30.5 Å². The highest BCUT2D eigenvalue weighted by Gasteiger charge is 2.35. The number of aryl methyl sites for hydroxylation is 4. The van der Waals surface area contributed by atoms with Crippen LogP contribution in [0.5, 0.6) is 0 Å². The molecule has 0 spiro atoms. The van der Waals surface area contributed by atoms with Crippen LogP contribution in [0.2, 0.25) is 0 Å². The molecule has 0 saturated heterocycles. The number of benzene rings is 2. The van der Waals surface area contributed by atoms with Crippen molar-refractivity contribution in [2.45, 2.75) is 85.0 Å². The summed E-state index contributed by atoms with van der Waals surface area (Å²) in [6, 6.07) is 7.10. The molecule has 1 unspecified atom stereocenters. The van der Waals surface area contributed by atoms with E-state index >= 15 is 4.39 Å². The molecular formula is C37H47F4N3O3. The quantitative estimate of drug-likeness (QED) is 0.143. The number of aromatic nitrogens is 1. The predicted molar refractivity (Wildman–Crippen MR) is 177 cm³/mol. The zero-order valence-electron chi connectivity index (χ0n) is 28.5. The summed E-state index contributed by atoms with van der Waals surface area (Å²) in [5, 5.41) is 3.35. The van der Waals surface area contributed by atoms with E-state index in [4.69, 9.17) is 4.74 Å². The van der Waals surface area contributed by atoms with Crippen molar-refractivity contribution >= 4 is 5.97 Å². The van der Waals surface area contributed by atoms with E-state index < -0.39 is 41.2 Å². The first-order chi connectivity index (χ1) is 22.1. The molecule has 1 N–H and O–H groups in total. The maximum atomic E-state index is 16.0. The minimum absolute atomic E-state index is 0.0490. The maximum absolute atomic E-state index is 16.0. The molecule has 6 nitrogen and oxygen atoms in total. The second kappa shape index (κ2) is 15.2. The highest BCUT2D eigenvalue weighted by molar-refractivity contribution is 5.74. The second-order valence-corrected chi connectivity index (χ2v) is 13.3. The minimum Gasteiger partial charge on any atom is -0.466 e. The molecule has 0 radical (unpaired) electrons. The van der Waals surface area contributed by atoms with Crippen LogP contribution in [0.15, 0.2) is 41.3 Å². The highest BCUT2D eigenvalue weighted by Crippen LogP contribution is 2.38. The molecule has 2 aromatic carbocycles. The molecule has 1 aliphatic rings. The lowest BCUT2D eigenvalue weighted by molar-refractivity contribution is -0.143. The van der Waals surface area contributed by atoms with Gasteiger partial charge in [0, 0.05) is 43.0 Å². The molecule has 10 heteroatoms. The van der Waals surface area contributed by atoms with Crippen molar-refractivity contribution in [3.05, 3.63) is 91.6 Å². The van der Waals surface area contributed by atoms with Crippen LogP contribution < -0.4 is 10.9 Å². The van der Waals surface area contributed by atoms with Gasteiger partial charge < -0.3 is 19.5 Å². The third kappa shape index (κ3) is 9.32. The fraction of sp³-hybridized carbons (Fsp3) is 0.514. The predicted octanol–water partition coefficient (Wildman–Crippen LogP) is 7.64. The number of likely N-dealkylation sites (N-methyl/N-ethyl adjacent to an activating group) is 1. The van der Waals surface area contributed by atoms with Crippen LogP contribution >= 0.6 is 0 Å². The number of alkyl halides is 3. The third-order valence-electron chi connectivity index (χ3n) is 8.89. The van der Waals surface area contributed by atoms with Crippen LogP contribution in [0.4, 0.5) is 17.6 Å². The monoisotopic (exact) mass is 657 g/mol. The van der Waals surface area contributed by atoms with Crippen LogP contribution in [0.25, 0.3) is 11.1 Å². The van der Waals surface area contributed by atoms with E-state index in [2.05, 4.69) is 17.4 Å². The Hall–Kier alpha value is -3.50. The molecule has 256 valence electrons. The Labute approximate surface area is 275 Å². The number of carbonyl (C=O) groups is 1. The minimum atomic E-state index is -4.66. The molecule has 1 aliphatic carbocycles. The average Bonchev–Trinajstić information content (AvgIpc) is 3.79. The summed E-state index contributed by atoms with van der Waals surface area (Å²) in [5.41, 5.74) is 4.13. The number of nitrogens with one attached hydrogen (secondary N) is 1. The maximum Gasteiger partial charge on any atom is 0.416 e. The largest absolute Gasteiger partial charge is 0.466 e. The number of hydrogen-bond donors (Lipinski definition) is 1. The van der Waals surface area contributed by atoms with Gasteiger partial charge in [-0.3, -0.25) is 9.59 Å². The number of halogens is 4. The van der Waals surface area contributed by atoms with Crippen molar-refractivity contribution < 1.29 is 27.1 Å². The van der Waals surface area contributed by atoms with E-state index in [0.29, 0.717) is 36.1 Å². The lowest BCUT2D eigenvalue weighted by atomic mass is 9.89. The molecule has 1 fully saturated rings. The van der Waals surface area contributed by atoms with E-state index in [1.54, 1.807) is 45.0 Å². The van der Waals surface area contributed by atoms with Crippen LogP contribution in [0, 0.1) is 39.4 Å². The van der Waals surface area contributed by atoms with E-state index in [1.165, 1.54) is 10.8 Å². The smallest absolute Gasteiger partial charge is 0.416 e. The number of ether oxygens (including phenoxy) is 1. The van der Waals surface area contributed by atoms with Crippen LogP contribution in [-0.4, -0.2) is 49.2 Å². The molecule has 0 aliphatic heterocycles. The molecule has 0 amide bonds. The Morgan fingerprint density at radius 1 is 1.04 bits per heavy atom. The number of rotatable bonds is 14. The summed E-state index contributed by atoms with van der Waals surface area (Å²) in [5.74, 6) is -0.625. The van der Waals surface area contributed by atoms with Gasteiger partial charge >= 0.3 is 12.1 Å². The first-order valence-electron chi connectivity index (χ1n) is 16.3. The lowest BCUT2D eigenvalue weighted by Crippen LogP contribution is -2.36. The third-order valence-corrected chi connectivity index (χ3v) is 8.89. The van der Waals surface area contributed by atoms with Crippen molar-refractivity contribution in [2.24, 2.45) is 5.92 Å². The number of pyridine rings is 1. The Morgan fingerprint density at radius 2 is 1.70 bits per heavy atom. The zero-order valence-corrected chi connectivity index (χ0v) is 28.5. The summed E-state index contributed by atoms with van der Waals surface area (Å²) >= 11 is 0. The first-order valence-corrected chi connectivity index (χ1v) is 16.3. The van der Waals surface area contributed by atoms with E-state index in [0.717, 1.165) is 40.7 Å². The number of hydrogen-bond acceptors (Lipinski definition) is 5. The molecule has 4 rings (SSSR count). The van der Waals surface area contributed by atoms with Gasteiger partial charge in [-0.2, -0.15) is 13.2 Å². The Bertz CT molecular complexity index is 1620. The molecule has 47 heavy (non-hydrogen) atoms. The van der Waals surface area contributed by atoms with Gasteiger partial charge in [-0.25, -0.2) is 4.39 Å². The molecule has 1 saturated carbocycles. The standard InChI is InChI=1S/C37H47F4N3O3/c1-8-47-34(46)19-32(30-17-28(15-25(5)36(30)38)35-23(3)13-22(2)14-24(35)4)42-20-29(16-26-9-10-26)44-21-27(11-12-43(6)7)31(18-33(44)45)37(39,40)41/h13-15,17-18,21,26,29,32,42H,8-12,16,19-20H2,1-7H3/t29?,32-/m0/s1. The van der Waals surface area contributed by atoms with Gasteiger partial charge in [0.1, 0.15) is 5.82 Å². The van der Waals surface area contributed by atoms with Gasteiger partial charge in [0.15, 0.2) is 0 Å². The number of nitrogens with zero attached hydrogens (tertiary/aromatic N) is 2. The van der Waals surface area contributed by atoms with Gasteiger partial charge in [-0.15, -0.1) is 0 Å². The van der Waals surface area contributed by atoms with Crippen LogP contribution in [0.1, 0.15) is 83.6 Å². The SMILES string of the molecule is CCOC(=O)C[C@H](NCC(CC1CC1)n1cc(CCN(C)C)c(C(F)(F)F)cc1=O)c1cc(-c2c(C)cc(C)cc2C)cc(C)c1F. The van der Waals surface area contributed by atoms with Crippen molar-refractivity contribution in [3.8, 4) is 11.1 Å². The van der Waals surface area contributed by atoms with Crippen LogP contribution in [-0.2, 0) is 22.1 Å². The molecule has 3 aromatic rings. The molecular weight excluding hydrogens is 610 g/mol. The van der Waals surface area contributed by atoms with Crippen molar-refractivity contribution in [1.82, 2.24) is 14.8 Å². The van der Waals surface area contributed by atoms with Gasteiger partial charge in [0.05, 0.1) is 18.6 Å². The lowest BCUT2D eigenvalue weighted by Gasteiger charge is -2.27. The average molecular weight is 658 g/mol. The molecule has 1 heterocycles. The van der Waals surface area contributed by atoms with E-state index in [-0.39, 0.29) is 31.6 Å². The van der Waals surface area contributed by atoms with Crippen molar-refractivity contribution in [3.63, 3.8) is 0 Å². The van der Waals surface area contributed by atoms with Crippen molar-refractivity contribution in [1.29, 1.82) is 0 Å². The van der Waals surface area contributed by atoms with Crippen molar-refractivity contribution in [2.75, 3.05) is 33.8 Å². The molecule has 0 bridgehead atoms. The summed E-state index contributed by atoms with van der Waals surface area (Å²) in [7, 11) is 3.56. The molecule has 2 atom stereocenters. The number of carbonyl (C=O) groups excluding carboxylic acids is 1. The summed E-state index contributed by atoms with van der Waals surface area (Å²) in [4.78, 5) is 27.9. The first kappa shape index (κ1) is 36.3. The summed E-state index contributed by atoms with van der Waals surface area (Å²) < 4.78 is 64.6. The summed E-state index contributed by atoms with van der Waals surface area (Å²) in [6.07, 6.45) is -0.853. The van der Waals surface area contributed by atoms with E-state index in [1.807, 2.05) is 20.8 Å². The van der Waals surface area contributed by atoms with E-state index in [9.17, 15) is 22.8 Å². The zero-order chi connectivity index (χ0) is 34.6. The Morgan fingerprint density at radius 3 is 2.28 bits per heavy atom. The highest BCUT2D eigenvalue weighted by atomic mass is 19.4. The summed E-state index contributed by atoms with van der Waals surface area (Å²) in [6.45, 7) is 10.1. The fourth-order valence-corrected chi connectivity index (χ4v) is 6.50. The van der Waals surface area contributed by atoms with Gasteiger partial charge in [0.25, 0.3) is 5.56 Å². The van der Waals surface area contributed by atoms with Gasteiger partial charge in [0.2, 0.25) is 0 Å².